The number of hydrogen-bond acceptors (Lipinski definition) is 3. The van der Waals surface area contributed by atoms with Crippen molar-refractivity contribution in [2.75, 3.05) is 33.8 Å². The van der Waals surface area contributed by atoms with Crippen molar-refractivity contribution >= 4 is 27.8 Å². The molecule has 1 aliphatic rings. The number of nitrogens with zero attached hydrogens (tertiary/aromatic N) is 2. The van der Waals surface area contributed by atoms with Gasteiger partial charge in [-0.15, -0.1) is 0 Å². The van der Waals surface area contributed by atoms with E-state index in [0.29, 0.717) is 18.6 Å². The number of nitrogens with one attached hydrogen (secondary N) is 2. The van der Waals surface area contributed by atoms with Crippen LogP contribution in [0.25, 0.3) is 0 Å². The van der Waals surface area contributed by atoms with Gasteiger partial charge in [0.1, 0.15) is 0 Å². The minimum Gasteiger partial charge on any atom is -0.378 e. The minimum atomic E-state index is 0.0174. The lowest BCUT2D eigenvalue weighted by Gasteiger charge is -2.22. The molecule has 1 heterocycles. The smallest absolute Gasteiger partial charge is 0.241 e. The molecule has 0 radical (unpaired) electrons. The van der Waals surface area contributed by atoms with E-state index in [1.54, 1.807) is 19.0 Å². The summed E-state index contributed by atoms with van der Waals surface area (Å²) in [7, 11) is 3.50. The van der Waals surface area contributed by atoms with Gasteiger partial charge in [0.05, 0.1) is 19.2 Å². The number of halogens is 1. The Kier molecular flexibility index (Phi) is 9.62. The molecule has 6 nitrogen and oxygen atoms in total. The minimum absolute atomic E-state index is 0.0174. The van der Waals surface area contributed by atoms with Crippen molar-refractivity contribution in [1.82, 2.24) is 15.5 Å². The summed E-state index contributed by atoms with van der Waals surface area (Å²) in [4.78, 5) is 18.0. The third kappa shape index (κ3) is 8.75. The Morgan fingerprint density at radius 2 is 2.04 bits per heavy atom. The molecule has 0 spiro atoms. The molecule has 1 aromatic carbocycles. The molecule has 1 unspecified atom stereocenters. The van der Waals surface area contributed by atoms with Crippen LogP contribution in [-0.2, 0) is 16.1 Å². The lowest BCUT2D eigenvalue weighted by Crippen LogP contribution is -2.43. The Hall–Kier alpha value is -1.60. The van der Waals surface area contributed by atoms with Crippen LogP contribution in [-0.4, -0.2) is 56.7 Å². The summed E-state index contributed by atoms with van der Waals surface area (Å²) in [5.41, 5.74) is 1.12. The van der Waals surface area contributed by atoms with Crippen LogP contribution in [0.4, 0.5) is 0 Å². The van der Waals surface area contributed by atoms with Crippen molar-refractivity contribution in [3.63, 3.8) is 0 Å². The summed E-state index contributed by atoms with van der Waals surface area (Å²) in [5, 5.41) is 6.47. The SMILES string of the molecule is CN(C)C(=O)CNC(=NCc1ccc(Br)cc1)NCCCC1CCCCO1. The van der Waals surface area contributed by atoms with Crippen LogP contribution in [0.2, 0.25) is 0 Å². The highest BCUT2D eigenvalue weighted by Gasteiger charge is 2.13. The third-order valence-corrected chi connectivity index (χ3v) is 5.04. The number of guanidine groups is 1. The van der Waals surface area contributed by atoms with E-state index in [4.69, 9.17) is 4.74 Å². The Bertz CT molecular complexity index is 599. The first-order valence-corrected chi connectivity index (χ1v) is 10.4. The first-order chi connectivity index (χ1) is 13.0. The Balaban J connectivity index is 1.82. The zero-order chi connectivity index (χ0) is 19.5. The fourth-order valence-corrected chi connectivity index (χ4v) is 3.09. The maximum Gasteiger partial charge on any atom is 0.241 e. The molecule has 1 saturated heterocycles. The summed E-state index contributed by atoms with van der Waals surface area (Å²) in [6.45, 7) is 2.49. The van der Waals surface area contributed by atoms with Crippen molar-refractivity contribution in [3.05, 3.63) is 34.3 Å². The average Bonchev–Trinajstić information content (AvgIpc) is 2.68. The van der Waals surface area contributed by atoms with Gasteiger partial charge in [-0.2, -0.15) is 0 Å². The second kappa shape index (κ2) is 12.0. The molecule has 27 heavy (non-hydrogen) atoms. The van der Waals surface area contributed by atoms with E-state index >= 15 is 0 Å². The monoisotopic (exact) mass is 438 g/mol. The molecule has 1 atom stereocenters. The predicted octanol–water partition coefficient (Wildman–Crippen LogP) is 2.92. The second-order valence-electron chi connectivity index (χ2n) is 6.99. The number of carbonyl (C=O) groups excluding carboxylic acids is 1. The molecule has 2 N–H and O–H groups in total. The fourth-order valence-electron chi connectivity index (χ4n) is 2.82. The van der Waals surface area contributed by atoms with Crippen LogP contribution < -0.4 is 10.6 Å². The fraction of sp³-hybridized carbons (Fsp3) is 0.600. The van der Waals surface area contributed by atoms with Crippen molar-refractivity contribution in [2.24, 2.45) is 4.99 Å². The largest absolute Gasteiger partial charge is 0.378 e. The zero-order valence-electron chi connectivity index (χ0n) is 16.3. The number of ether oxygens (including phenoxy) is 1. The van der Waals surface area contributed by atoms with Gasteiger partial charge in [0.15, 0.2) is 5.96 Å². The Labute approximate surface area is 170 Å². The molecule has 1 amide bonds. The number of aliphatic imine (C=N–C) groups is 1. The first-order valence-electron chi connectivity index (χ1n) is 9.63. The molecule has 150 valence electrons. The van der Waals surface area contributed by atoms with Crippen LogP contribution >= 0.6 is 15.9 Å². The summed E-state index contributed by atoms with van der Waals surface area (Å²) in [6, 6.07) is 8.09. The molecule has 1 aromatic rings. The van der Waals surface area contributed by atoms with Crippen molar-refractivity contribution in [1.29, 1.82) is 0 Å². The van der Waals surface area contributed by atoms with E-state index < -0.39 is 0 Å². The maximum absolute atomic E-state index is 11.9. The average molecular weight is 439 g/mol. The molecule has 0 saturated carbocycles. The molecular formula is C20H31BrN4O2. The van der Waals surface area contributed by atoms with Crippen LogP contribution in [0, 0.1) is 0 Å². The molecule has 0 bridgehead atoms. The van der Waals surface area contributed by atoms with E-state index in [0.717, 1.165) is 36.0 Å². The van der Waals surface area contributed by atoms with Crippen molar-refractivity contribution in [2.45, 2.75) is 44.8 Å². The summed E-state index contributed by atoms with van der Waals surface area (Å²) in [5.74, 6) is 0.682. The normalized spacial score (nSPS) is 17.4. The van der Waals surface area contributed by atoms with Gasteiger partial charge < -0.3 is 20.3 Å². The number of benzene rings is 1. The van der Waals surface area contributed by atoms with E-state index in [1.807, 2.05) is 24.3 Å². The summed E-state index contributed by atoms with van der Waals surface area (Å²) >= 11 is 3.44. The van der Waals surface area contributed by atoms with Crippen molar-refractivity contribution < 1.29 is 9.53 Å². The Morgan fingerprint density at radius 1 is 1.26 bits per heavy atom. The highest BCUT2D eigenvalue weighted by atomic mass is 79.9. The number of carbonyl (C=O) groups is 1. The molecule has 7 heteroatoms. The van der Waals surface area contributed by atoms with E-state index in [2.05, 4.69) is 31.6 Å². The number of amides is 1. The lowest BCUT2D eigenvalue weighted by molar-refractivity contribution is -0.127. The lowest BCUT2D eigenvalue weighted by atomic mass is 10.0. The van der Waals surface area contributed by atoms with E-state index in [1.165, 1.54) is 19.3 Å². The quantitative estimate of drug-likeness (QED) is 0.372. The van der Waals surface area contributed by atoms with Crippen LogP contribution in [0.5, 0.6) is 0 Å². The van der Waals surface area contributed by atoms with Gasteiger partial charge in [-0.1, -0.05) is 28.1 Å². The second-order valence-corrected chi connectivity index (χ2v) is 7.91. The van der Waals surface area contributed by atoms with Gasteiger partial charge in [-0.05, 0) is 49.8 Å². The zero-order valence-corrected chi connectivity index (χ0v) is 17.9. The molecule has 0 aromatic heterocycles. The molecule has 1 fully saturated rings. The van der Waals surface area contributed by atoms with Crippen molar-refractivity contribution in [3.8, 4) is 0 Å². The maximum atomic E-state index is 11.9. The van der Waals surface area contributed by atoms with Crippen LogP contribution in [0.1, 0.15) is 37.7 Å². The van der Waals surface area contributed by atoms with Gasteiger partial charge in [0.25, 0.3) is 0 Å². The molecular weight excluding hydrogens is 408 g/mol. The highest BCUT2D eigenvalue weighted by Crippen LogP contribution is 2.16. The standard InChI is InChI=1S/C20H31BrN4O2/c1-25(2)19(26)15-24-20(23-14-16-8-10-17(21)11-9-16)22-12-5-7-18-6-3-4-13-27-18/h8-11,18H,3-7,12-15H2,1-2H3,(H2,22,23,24). The van der Waals surface area contributed by atoms with Gasteiger partial charge in [0, 0.05) is 31.7 Å². The topological polar surface area (TPSA) is 66.0 Å². The molecule has 1 aliphatic heterocycles. The highest BCUT2D eigenvalue weighted by molar-refractivity contribution is 9.10. The van der Waals surface area contributed by atoms with E-state index in [9.17, 15) is 4.79 Å². The van der Waals surface area contributed by atoms with Gasteiger partial charge >= 0.3 is 0 Å². The summed E-state index contributed by atoms with van der Waals surface area (Å²) < 4.78 is 6.83. The summed E-state index contributed by atoms with van der Waals surface area (Å²) in [6.07, 6.45) is 6.10. The van der Waals surface area contributed by atoms with Crippen LogP contribution in [0.3, 0.4) is 0 Å². The first kappa shape index (κ1) is 21.7. The predicted molar refractivity (Wildman–Crippen MR) is 113 cm³/mol. The van der Waals surface area contributed by atoms with E-state index in [-0.39, 0.29) is 12.5 Å². The van der Waals surface area contributed by atoms with Crippen LogP contribution in [0.15, 0.2) is 33.7 Å². The van der Waals surface area contributed by atoms with Gasteiger partial charge in [0.2, 0.25) is 5.91 Å². The number of hydrogen-bond donors (Lipinski definition) is 2. The molecule has 2 rings (SSSR count). The van der Waals surface area contributed by atoms with Gasteiger partial charge in [-0.25, -0.2) is 4.99 Å². The number of rotatable bonds is 8. The molecule has 0 aliphatic carbocycles. The third-order valence-electron chi connectivity index (χ3n) is 4.51. The Morgan fingerprint density at radius 3 is 2.70 bits per heavy atom. The number of likely N-dealkylation sites (N-methyl/N-ethyl adjacent to an activating group) is 1. The van der Waals surface area contributed by atoms with Gasteiger partial charge in [-0.3, -0.25) is 4.79 Å².